The van der Waals surface area contributed by atoms with Gasteiger partial charge in [0.25, 0.3) is 11.8 Å². The number of rotatable bonds is 3. The van der Waals surface area contributed by atoms with Gasteiger partial charge >= 0.3 is 0 Å². The van der Waals surface area contributed by atoms with E-state index < -0.39 is 0 Å². The molecule has 0 unspecified atom stereocenters. The molecule has 6 heteroatoms. The number of aromatic nitrogens is 1. The number of hydrazine groups is 1. The van der Waals surface area contributed by atoms with E-state index >= 15 is 0 Å². The molecule has 6 nitrogen and oxygen atoms in total. The molecule has 2 aromatic rings. The lowest BCUT2D eigenvalue weighted by molar-refractivity contribution is -0.135. The Morgan fingerprint density at radius 1 is 1.16 bits per heavy atom. The van der Waals surface area contributed by atoms with Crippen LogP contribution in [0.15, 0.2) is 42.0 Å². The molecule has 1 saturated heterocycles. The highest BCUT2D eigenvalue weighted by molar-refractivity contribution is 5.99. The summed E-state index contributed by atoms with van der Waals surface area (Å²) in [7, 11) is 1.57. The topological polar surface area (TPSA) is 62.7 Å². The number of methoxy groups -OCH3 is 1. The number of para-hydroxylation sites is 1. The van der Waals surface area contributed by atoms with E-state index in [-0.39, 0.29) is 17.5 Å². The fourth-order valence-corrected chi connectivity index (χ4v) is 2.93. The first-order valence-electron chi connectivity index (χ1n) is 8.23. The van der Waals surface area contributed by atoms with Gasteiger partial charge < -0.3 is 4.74 Å². The first-order chi connectivity index (χ1) is 12.0. The molecule has 0 saturated carbocycles. The second-order valence-corrected chi connectivity index (χ2v) is 6.19. The summed E-state index contributed by atoms with van der Waals surface area (Å²) in [5.74, 6) is 0.117. The summed E-state index contributed by atoms with van der Waals surface area (Å²) in [6, 6.07) is 9.13. The summed E-state index contributed by atoms with van der Waals surface area (Å²) in [6.07, 6.45) is 2.29. The molecule has 1 aliphatic rings. The van der Waals surface area contributed by atoms with Crippen LogP contribution in [0.1, 0.15) is 30.8 Å². The van der Waals surface area contributed by atoms with Crippen molar-refractivity contribution in [2.24, 2.45) is 0 Å². The van der Waals surface area contributed by atoms with E-state index in [4.69, 9.17) is 4.74 Å². The smallest absolute Gasteiger partial charge is 0.291 e. The Morgan fingerprint density at radius 2 is 1.88 bits per heavy atom. The number of carbonyl (C=O) groups excluding carboxylic acids is 2. The SMILES string of the molecule is COc1cc(C(=O)N2CCCN2C(=O)C=C(C)C)nc2ccccc12. The molecule has 0 N–H and O–H groups in total. The molecule has 1 fully saturated rings. The number of allylic oxidation sites excluding steroid dienone is 1. The van der Waals surface area contributed by atoms with E-state index in [1.54, 1.807) is 19.3 Å². The third-order valence-corrected chi connectivity index (χ3v) is 4.05. The Morgan fingerprint density at radius 3 is 2.60 bits per heavy atom. The molecule has 2 heterocycles. The summed E-state index contributed by atoms with van der Waals surface area (Å²) in [5, 5.41) is 3.80. The zero-order chi connectivity index (χ0) is 18.0. The largest absolute Gasteiger partial charge is 0.496 e. The molecule has 1 aromatic heterocycles. The number of ether oxygens (including phenoxy) is 1. The normalized spacial score (nSPS) is 13.9. The van der Waals surface area contributed by atoms with Crippen molar-refractivity contribution in [1.29, 1.82) is 0 Å². The van der Waals surface area contributed by atoms with Crippen molar-refractivity contribution in [2.75, 3.05) is 20.2 Å². The maximum atomic E-state index is 13.0. The van der Waals surface area contributed by atoms with Gasteiger partial charge in [-0.2, -0.15) is 0 Å². The fourth-order valence-electron chi connectivity index (χ4n) is 2.93. The first-order valence-corrected chi connectivity index (χ1v) is 8.23. The van der Waals surface area contributed by atoms with E-state index in [2.05, 4.69) is 4.98 Å². The van der Waals surface area contributed by atoms with Gasteiger partial charge in [-0.25, -0.2) is 15.0 Å². The van der Waals surface area contributed by atoms with Crippen LogP contribution < -0.4 is 4.74 Å². The van der Waals surface area contributed by atoms with Crippen LogP contribution >= 0.6 is 0 Å². The molecule has 1 aromatic carbocycles. The number of hydrogen-bond acceptors (Lipinski definition) is 4. The Bertz CT molecular complexity index is 856. The highest BCUT2D eigenvalue weighted by Crippen LogP contribution is 2.26. The van der Waals surface area contributed by atoms with Crippen molar-refractivity contribution in [2.45, 2.75) is 20.3 Å². The molecular weight excluding hydrogens is 318 g/mol. The van der Waals surface area contributed by atoms with Crippen LogP contribution in [0.4, 0.5) is 0 Å². The average molecular weight is 339 g/mol. The van der Waals surface area contributed by atoms with Crippen LogP contribution in [0.3, 0.4) is 0 Å². The van der Waals surface area contributed by atoms with Crippen molar-refractivity contribution < 1.29 is 14.3 Å². The van der Waals surface area contributed by atoms with Crippen LogP contribution in [0, 0.1) is 0 Å². The Balaban J connectivity index is 1.96. The van der Waals surface area contributed by atoms with Gasteiger partial charge in [-0.3, -0.25) is 9.59 Å². The molecule has 1 aliphatic heterocycles. The average Bonchev–Trinajstić information content (AvgIpc) is 3.09. The molecular formula is C19H21N3O3. The summed E-state index contributed by atoms with van der Waals surface area (Å²) in [6.45, 7) is 4.74. The quantitative estimate of drug-likeness (QED) is 0.807. The summed E-state index contributed by atoms with van der Waals surface area (Å²) in [4.78, 5) is 29.8. The summed E-state index contributed by atoms with van der Waals surface area (Å²) >= 11 is 0. The van der Waals surface area contributed by atoms with Gasteiger partial charge in [0.15, 0.2) is 0 Å². The van der Waals surface area contributed by atoms with Crippen molar-refractivity contribution >= 4 is 22.7 Å². The van der Waals surface area contributed by atoms with Crippen LogP contribution in [0.2, 0.25) is 0 Å². The predicted molar refractivity (Wildman–Crippen MR) is 95.1 cm³/mol. The minimum Gasteiger partial charge on any atom is -0.496 e. The van der Waals surface area contributed by atoms with Crippen molar-refractivity contribution in [3.63, 3.8) is 0 Å². The molecule has 2 amide bonds. The number of pyridine rings is 1. The molecule has 25 heavy (non-hydrogen) atoms. The second kappa shape index (κ2) is 6.93. The third kappa shape index (κ3) is 3.33. The standard InChI is InChI=1S/C19H21N3O3/c1-13(2)11-18(23)21-9-6-10-22(21)19(24)16-12-17(25-3)14-7-4-5-8-15(14)20-16/h4-5,7-8,11-12H,6,9-10H2,1-3H3. The molecule has 0 radical (unpaired) electrons. The molecule has 0 atom stereocenters. The van der Waals surface area contributed by atoms with Gasteiger partial charge in [0.05, 0.1) is 12.6 Å². The number of benzene rings is 1. The fraction of sp³-hybridized carbons (Fsp3) is 0.316. The molecule has 0 bridgehead atoms. The summed E-state index contributed by atoms with van der Waals surface area (Å²) in [5.41, 5.74) is 1.86. The monoisotopic (exact) mass is 339 g/mol. The maximum absolute atomic E-state index is 13.0. The molecule has 3 rings (SSSR count). The highest BCUT2D eigenvalue weighted by atomic mass is 16.5. The number of hydrogen-bond donors (Lipinski definition) is 0. The molecule has 0 aliphatic carbocycles. The van der Waals surface area contributed by atoms with Crippen molar-refractivity contribution in [1.82, 2.24) is 15.0 Å². The second-order valence-electron chi connectivity index (χ2n) is 6.19. The lowest BCUT2D eigenvalue weighted by atomic mass is 10.1. The molecule has 0 spiro atoms. The minimum atomic E-state index is -0.294. The van der Waals surface area contributed by atoms with Gasteiger partial charge in [0.2, 0.25) is 0 Å². The van der Waals surface area contributed by atoms with Gasteiger partial charge in [-0.05, 0) is 32.4 Å². The number of fused-ring (bicyclic) bond motifs is 1. The Kier molecular flexibility index (Phi) is 4.70. The van der Waals surface area contributed by atoms with Gasteiger partial charge in [0.1, 0.15) is 11.4 Å². The van der Waals surface area contributed by atoms with Crippen LogP contribution in [-0.4, -0.2) is 47.0 Å². The van der Waals surface area contributed by atoms with Gasteiger partial charge in [-0.15, -0.1) is 0 Å². The predicted octanol–water partition coefficient (Wildman–Crippen LogP) is 2.80. The van der Waals surface area contributed by atoms with E-state index in [1.807, 2.05) is 38.1 Å². The molecule has 130 valence electrons. The van der Waals surface area contributed by atoms with Crippen LogP contribution in [0.5, 0.6) is 5.75 Å². The van der Waals surface area contributed by atoms with Crippen molar-refractivity contribution in [3.05, 3.63) is 47.7 Å². The minimum absolute atomic E-state index is 0.182. The van der Waals surface area contributed by atoms with Gasteiger partial charge in [0, 0.05) is 30.6 Å². The zero-order valence-electron chi connectivity index (χ0n) is 14.7. The Labute approximate surface area is 146 Å². The lowest BCUT2D eigenvalue weighted by Gasteiger charge is -2.27. The Hall–Kier alpha value is -2.89. The first kappa shape index (κ1) is 17.0. The number of carbonyl (C=O) groups is 2. The zero-order valence-corrected chi connectivity index (χ0v) is 14.7. The van der Waals surface area contributed by atoms with E-state index in [0.29, 0.717) is 24.4 Å². The van der Waals surface area contributed by atoms with Crippen LogP contribution in [-0.2, 0) is 4.79 Å². The number of nitrogens with zero attached hydrogens (tertiary/aromatic N) is 3. The van der Waals surface area contributed by atoms with E-state index in [1.165, 1.54) is 10.0 Å². The van der Waals surface area contributed by atoms with E-state index in [0.717, 1.165) is 17.4 Å². The number of amides is 2. The van der Waals surface area contributed by atoms with Crippen molar-refractivity contribution in [3.8, 4) is 5.75 Å². The maximum Gasteiger partial charge on any atom is 0.291 e. The highest BCUT2D eigenvalue weighted by Gasteiger charge is 2.31. The lowest BCUT2D eigenvalue weighted by Crippen LogP contribution is -2.44. The summed E-state index contributed by atoms with van der Waals surface area (Å²) < 4.78 is 5.41. The van der Waals surface area contributed by atoms with Gasteiger partial charge in [-0.1, -0.05) is 17.7 Å². The third-order valence-electron chi connectivity index (χ3n) is 4.05. The van der Waals surface area contributed by atoms with Crippen LogP contribution in [0.25, 0.3) is 10.9 Å². The van der Waals surface area contributed by atoms with E-state index in [9.17, 15) is 9.59 Å².